The van der Waals surface area contributed by atoms with Crippen molar-refractivity contribution in [3.63, 3.8) is 0 Å². The lowest BCUT2D eigenvalue weighted by atomic mass is 10.1. The Kier molecular flexibility index (Phi) is 3.94. The lowest BCUT2D eigenvalue weighted by Crippen LogP contribution is -2.28. The van der Waals surface area contributed by atoms with Gasteiger partial charge in [0.15, 0.2) is 0 Å². The number of nitrogens with zero attached hydrogens (tertiary/aromatic N) is 3. The molecule has 0 aliphatic heterocycles. The molecule has 3 aromatic heterocycles. The van der Waals surface area contributed by atoms with Crippen LogP contribution in [0.25, 0.3) is 11.1 Å². The minimum atomic E-state index is -0.356. The summed E-state index contributed by atoms with van der Waals surface area (Å²) in [4.78, 5) is 39.9. The Morgan fingerprint density at radius 2 is 2.07 bits per heavy atom. The fraction of sp³-hybridized carbons (Fsp3) is 0.389. The number of furan rings is 1. The molecular formula is C18H20N6O3. The summed E-state index contributed by atoms with van der Waals surface area (Å²) in [7, 11) is 0. The standard InChI is InChI=1S/C18H20N6O3/c1-9-12(16(26)20-7-11-6-19-10(2)23-15(11)25)13-14(24-18(3)4-5-18)21-8-22-17(13)27-9/h6,8H,4-5,7H2,1-3H3,(H,20,26)(H,19,23,25)(H,21,22,24). The van der Waals surface area contributed by atoms with Crippen LogP contribution in [0, 0.1) is 13.8 Å². The van der Waals surface area contributed by atoms with Gasteiger partial charge in [-0.3, -0.25) is 9.59 Å². The van der Waals surface area contributed by atoms with Crippen molar-refractivity contribution in [2.45, 2.75) is 45.7 Å². The highest BCUT2D eigenvalue weighted by Crippen LogP contribution is 2.40. The molecule has 1 aliphatic rings. The molecule has 1 amide bonds. The molecule has 0 saturated heterocycles. The Bertz CT molecular complexity index is 1100. The Balaban J connectivity index is 1.64. The molecule has 1 saturated carbocycles. The van der Waals surface area contributed by atoms with Crippen molar-refractivity contribution < 1.29 is 9.21 Å². The van der Waals surface area contributed by atoms with Gasteiger partial charge in [0.05, 0.1) is 23.1 Å². The topological polar surface area (TPSA) is 126 Å². The van der Waals surface area contributed by atoms with E-state index < -0.39 is 0 Å². The Labute approximate surface area is 154 Å². The molecule has 140 valence electrons. The van der Waals surface area contributed by atoms with Crippen LogP contribution >= 0.6 is 0 Å². The van der Waals surface area contributed by atoms with Crippen LogP contribution in [0.5, 0.6) is 0 Å². The highest BCUT2D eigenvalue weighted by molar-refractivity contribution is 6.10. The molecule has 9 nitrogen and oxygen atoms in total. The molecule has 3 heterocycles. The maximum atomic E-state index is 12.8. The zero-order valence-electron chi connectivity index (χ0n) is 15.3. The van der Waals surface area contributed by atoms with E-state index in [0.717, 1.165) is 12.8 Å². The van der Waals surface area contributed by atoms with Crippen LogP contribution in [0.3, 0.4) is 0 Å². The molecule has 0 aromatic carbocycles. The molecule has 3 N–H and O–H groups in total. The Morgan fingerprint density at radius 3 is 2.78 bits per heavy atom. The fourth-order valence-corrected chi connectivity index (χ4v) is 2.91. The van der Waals surface area contributed by atoms with Gasteiger partial charge < -0.3 is 20.0 Å². The summed E-state index contributed by atoms with van der Waals surface area (Å²) in [5, 5.41) is 6.69. The number of aromatic nitrogens is 4. The second-order valence-electron chi connectivity index (χ2n) is 7.13. The number of aryl methyl sites for hydroxylation is 2. The molecule has 0 unspecified atom stereocenters. The molecule has 1 fully saturated rings. The zero-order chi connectivity index (χ0) is 19.2. The largest absolute Gasteiger partial charge is 0.442 e. The van der Waals surface area contributed by atoms with Crippen molar-refractivity contribution in [2.75, 3.05) is 5.32 Å². The van der Waals surface area contributed by atoms with Crippen molar-refractivity contribution >= 4 is 22.8 Å². The number of aromatic amines is 1. The number of carbonyl (C=O) groups is 1. The fourth-order valence-electron chi connectivity index (χ4n) is 2.91. The summed E-state index contributed by atoms with van der Waals surface area (Å²) in [6.07, 6.45) is 4.96. The van der Waals surface area contributed by atoms with Gasteiger partial charge in [0, 0.05) is 11.7 Å². The summed E-state index contributed by atoms with van der Waals surface area (Å²) in [5.74, 6) is 1.19. The number of nitrogens with one attached hydrogen (secondary N) is 3. The van der Waals surface area contributed by atoms with Gasteiger partial charge in [-0.05, 0) is 33.6 Å². The average Bonchev–Trinajstić information content (AvgIpc) is 3.22. The van der Waals surface area contributed by atoms with Crippen LogP contribution < -0.4 is 16.2 Å². The summed E-state index contributed by atoms with van der Waals surface area (Å²) >= 11 is 0. The van der Waals surface area contributed by atoms with E-state index in [0.29, 0.717) is 39.6 Å². The average molecular weight is 368 g/mol. The second kappa shape index (κ2) is 6.19. The number of rotatable bonds is 5. The third kappa shape index (κ3) is 3.27. The normalized spacial score (nSPS) is 14.9. The Hall–Kier alpha value is -3.23. The van der Waals surface area contributed by atoms with E-state index in [2.05, 4.69) is 37.5 Å². The van der Waals surface area contributed by atoms with E-state index in [1.54, 1.807) is 13.8 Å². The van der Waals surface area contributed by atoms with Gasteiger partial charge in [0.1, 0.15) is 23.7 Å². The number of amides is 1. The maximum Gasteiger partial charge on any atom is 0.255 e. The van der Waals surface area contributed by atoms with E-state index in [9.17, 15) is 9.59 Å². The first-order valence-corrected chi connectivity index (χ1v) is 8.71. The monoisotopic (exact) mass is 368 g/mol. The molecular weight excluding hydrogens is 348 g/mol. The first-order valence-electron chi connectivity index (χ1n) is 8.71. The van der Waals surface area contributed by atoms with E-state index >= 15 is 0 Å². The minimum Gasteiger partial charge on any atom is -0.442 e. The molecule has 0 spiro atoms. The van der Waals surface area contributed by atoms with Crippen molar-refractivity contribution in [3.8, 4) is 0 Å². The number of hydrogen-bond donors (Lipinski definition) is 3. The van der Waals surface area contributed by atoms with Gasteiger partial charge in [0.25, 0.3) is 11.5 Å². The van der Waals surface area contributed by atoms with E-state index in [1.165, 1.54) is 12.5 Å². The van der Waals surface area contributed by atoms with E-state index in [1.807, 2.05) is 0 Å². The van der Waals surface area contributed by atoms with Gasteiger partial charge in [-0.2, -0.15) is 0 Å². The number of carbonyl (C=O) groups excluding carboxylic acids is 1. The van der Waals surface area contributed by atoms with Crippen LogP contribution in [0.1, 0.15) is 47.3 Å². The number of H-pyrrole nitrogens is 1. The SMILES string of the molecule is Cc1ncc(CNC(=O)c2c(C)oc3ncnc(NC4(C)CC4)c23)c(=O)[nH]1. The molecule has 1 aliphatic carbocycles. The quantitative estimate of drug-likeness (QED) is 0.627. The first-order chi connectivity index (χ1) is 12.9. The van der Waals surface area contributed by atoms with E-state index in [-0.39, 0.29) is 23.6 Å². The summed E-state index contributed by atoms with van der Waals surface area (Å²) in [6.45, 7) is 5.56. The van der Waals surface area contributed by atoms with Crippen LogP contribution in [0.15, 0.2) is 21.7 Å². The smallest absolute Gasteiger partial charge is 0.255 e. The highest BCUT2D eigenvalue weighted by atomic mass is 16.3. The summed E-state index contributed by atoms with van der Waals surface area (Å²) in [6, 6.07) is 0. The molecule has 0 radical (unpaired) electrons. The van der Waals surface area contributed by atoms with Crippen molar-refractivity contribution in [1.82, 2.24) is 25.3 Å². The van der Waals surface area contributed by atoms with Crippen LogP contribution in [-0.2, 0) is 6.54 Å². The number of fused-ring (bicyclic) bond motifs is 1. The second-order valence-corrected chi connectivity index (χ2v) is 7.13. The summed E-state index contributed by atoms with van der Waals surface area (Å²) < 4.78 is 5.66. The lowest BCUT2D eigenvalue weighted by molar-refractivity contribution is 0.0950. The van der Waals surface area contributed by atoms with Gasteiger partial charge in [-0.25, -0.2) is 15.0 Å². The minimum absolute atomic E-state index is 0.0128. The third-order valence-corrected chi connectivity index (χ3v) is 4.75. The Morgan fingerprint density at radius 1 is 1.30 bits per heavy atom. The predicted octanol–water partition coefficient (Wildman–Crippen LogP) is 1.82. The molecule has 0 atom stereocenters. The van der Waals surface area contributed by atoms with E-state index in [4.69, 9.17) is 4.42 Å². The number of hydrogen-bond acceptors (Lipinski definition) is 7. The van der Waals surface area contributed by atoms with Crippen LogP contribution in [-0.4, -0.2) is 31.4 Å². The molecule has 3 aromatic rings. The van der Waals surface area contributed by atoms with Gasteiger partial charge in [-0.15, -0.1) is 0 Å². The molecule has 9 heteroatoms. The highest BCUT2D eigenvalue weighted by Gasteiger charge is 2.38. The van der Waals surface area contributed by atoms with Gasteiger partial charge in [0.2, 0.25) is 5.71 Å². The lowest BCUT2D eigenvalue weighted by Gasteiger charge is -2.13. The maximum absolute atomic E-state index is 12.8. The third-order valence-electron chi connectivity index (χ3n) is 4.75. The van der Waals surface area contributed by atoms with Crippen LogP contribution in [0.4, 0.5) is 5.82 Å². The van der Waals surface area contributed by atoms with Gasteiger partial charge in [-0.1, -0.05) is 0 Å². The first kappa shape index (κ1) is 17.2. The molecule has 0 bridgehead atoms. The molecule has 27 heavy (non-hydrogen) atoms. The van der Waals surface area contributed by atoms with Crippen LogP contribution in [0.2, 0.25) is 0 Å². The number of anilines is 1. The van der Waals surface area contributed by atoms with Crippen molar-refractivity contribution in [2.24, 2.45) is 0 Å². The van der Waals surface area contributed by atoms with Gasteiger partial charge >= 0.3 is 0 Å². The predicted molar refractivity (Wildman–Crippen MR) is 98.6 cm³/mol. The zero-order valence-corrected chi connectivity index (χ0v) is 15.3. The van der Waals surface area contributed by atoms with Crippen molar-refractivity contribution in [1.29, 1.82) is 0 Å². The van der Waals surface area contributed by atoms with Crippen molar-refractivity contribution in [3.05, 3.63) is 45.6 Å². The summed E-state index contributed by atoms with van der Waals surface area (Å²) in [5.41, 5.74) is 0.813. The molecule has 4 rings (SSSR count).